The second kappa shape index (κ2) is 9.43. The van der Waals surface area contributed by atoms with Gasteiger partial charge in [0.15, 0.2) is 9.84 Å². The molecule has 3 aromatic carbocycles. The van der Waals surface area contributed by atoms with Crippen LogP contribution in [0.25, 0.3) is 0 Å². The molecule has 7 nitrogen and oxygen atoms in total. The molecule has 0 aromatic heterocycles. The first kappa shape index (κ1) is 25.4. The number of rotatable bonds is 6. The van der Waals surface area contributed by atoms with Crippen molar-refractivity contribution in [2.24, 2.45) is 0 Å². The van der Waals surface area contributed by atoms with Crippen molar-refractivity contribution in [1.82, 2.24) is 0 Å². The maximum atomic E-state index is 14.2. The fraction of sp³-hybridized carbons (Fsp3) is 0.286. The van der Waals surface area contributed by atoms with Gasteiger partial charge in [0.05, 0.1) is 23.4 Å². The van der Waals surface area contributed by atoms with E-state index in [0.29, 0.717) is 22.6 Å². The normalized spacial score (nSPS) is 17.6. The van der Waals surface area contributed by atoms with Crippen molar-refractivity contribution in [3.8, 4) is 5.75 Å². The maximum Gasteiger partial charge on any atom is 0.421 e. The highest BCUT2D eigenvalue weighted by Gasteiger charge is 2.55. The summed E-state index contributed by atoms with van der Waals surface area (Å²) in [6.07, 6.45) is -0.868. The zero-order chi connectivity index (χ0) is 26.1. The van der Waals surface area contributed by atoms with Crippen LogP contribution < -0.4 is 9.64 Å². The summed E-state index contributed by atoms with van der Waals surface area (Å²) in [6.45, 7) is 5.17. The summed E-state index contributed by atoms with van der Waals surface area (Å²) in [4.78, 5) is 28.6. The van der Waals surface area contributed by atoms with E-state index < -0.39 is 32.9 Å². The summed E-state index contributed by atoms with van der Waals surface area (Å²) in [7, 11) is -2.17. The molecule has 1 atom stereocenters. The maximum absolute atomic E-state index is 14.2. The van der Waals surface area contributed by atoms with Gasteiger partial charge < -0.3 is 9.47 Å². The van der Waals surface area contributed by atoms with Crippen molar-refractivity contribution >= 4 is 27.5 Å². The highest BCUT2D eigenvalue weighted by Crippen LogP contribution is 2.49. The van der Waals surface area contributed by atoms with Gasteiger partial charge in [-0.3, -0.25) is 4.79 Å². The van der Waals surface area contributed by atoms with E-state index in [1.165, 1.54) is 19.2 Å². The van der Waals surface area contributed by atoms with Crippen molar-refractivity contribution in [1.29, 1.82) is 0 Å². The number of para-hydroxylation sites is 1. The van der Waals surface area contributed by atoms with Crippen LogP contribution >= 0.6 is 0 Å². The molecule has 0 fully saturated rings. The minimum absolute atomic E-state index is 0.0638. The Bertz CT molecular complexity index is 1380. The van der Waals surface area contributed by atoms with E-state index in [0.717, 1.165) is 4.90 Å². The van der Waals surface area contributed by atoms with Gasteiger partial charge in [-0.25, -0.2) is 18.1 Å². The first-order valence-corrected chi connectivity index (χ1v) is 13.2. The lowest BCUT2D eigenvalue weighted by molar-refractivity contribution is -0.121. The molecule has 1 unspecified atom stereocenters. The third kappa shape index (κ3) is 4.60. The third-order valence-corrected chi connectivity index (χ3v) is 7.91. The molecule has 2 amide bonds. The van der Waals surface area contributed by atoms with Crippen LogP contribution in [0.3, 0.4) is 0 Å². The number of methoxy groups -OCH3 is 1. The number of carbonyl (C=O) groups excluding carboxylic acids is 2. The number of benzene rings is 3. The largest absolute Gasteiger partial charge is 0.497 e. The first-order chi connectivity index (χ1) is 17.0. The Morgan fingerprint density at radius 1 is 0.917 bits per heavy atom. The van der Waals surface area contributed by atoms with Crippen molar-refractivity contribution in [2.75, 3.05) is 17.8 Å². The molecule has 4 rings (SSSR count). The fourth-order valence-electron chi connectivity index (χ4n) is 4.51. The molecule has 0 bridgehead atoms. The third-order valence-electron chi connectivity index (χ3n) is 6.18. The second-order valence-corrected chi connectivity index (χ2v) is 11.8. The first-order valence-electron chi connectivity index (χ1n) is 11.6. The summed E-state index contributed by atoms with van der Waals surface area (Å²) in [6, 6.07) is 22.0. The molecule has 188 valence electrons. The van der Waals surface area contributed by atoms with Crippen LogP contribution in [0.15, 0.2) is 83.8 Å². The molecule has 8 heteroatoms. The van der Waals surface area contributed by atoms with E-state index in [-0.39, 0.29) is 17.1 Å². The number of nitrogens with zero attached hydrogens (tertiary/aromatic N) is 1. The van der Waals surface area contributed by atoms with Crippen molar-refractivity contribution in [3.63, 3.8) is 0 Å². The van der Waals surface area contributed by atoms with Gasteiger partial charge in [-0.05, 0) is 68.7 Å². The van der Waals surface area contributed by atoms with Gasteiger partial charge in [-0.2, -0.15) is 0 Å². The number of amides is 2. The topological polar surface area (TPSA) is 90.0 Å². The molecule has 36 heavy (non-hydrogen) atoms. The number of anilines is 1. The average molecular weight is 508 g/mol. The van der Waals surface area contributed by atoms with E-state index in [9.17, 15) is 18.0 Å². The summed E-state index contributed by atoms with van der Waals surface area (Å²) in [5.41, 5.74) is -0.746. The molecule has 0 N–H and O–H groups in total. The molecular formula is C28H29NO6S. The van der Waals surface area contributed by atoms with Gasteiger partial charge >= 0.3 is 6.09 Å². The Morgan fingerprint density at radius 2 is 1.53 bits per heavy atom. The zero-order valence-electron chi connectivity index (χ0n) is 20.7. The molecule has 1 aliphatic rings. The van der Waals surface area contributed by atoms with Crippen LogP contribution in [0, 0.1) is 0 Å². The fourth-order valence-corrected chi connectivity index (χ4v) is 5.89. The Labute approximate surface area is 211 Å². The van der Waals surface area contributed by atoms with Gasteiger partial charge in [-0.15, -0.1) is 0 Å². The summed E-state index contributed by atoms with van der Waals surface area (Å²) in [5.74, 6) is -0.259. The van der Waals surface area contributed by atoms with E-state index in [1.54, 1.807) is 87.5 Å². The lowest BCUT2D eigenvalue weighted by Gasteiger charge is -2.30. The van der Waals surface area contributed by atoms with Crippen molar-refractivity contribution in [2.45, 2.75) is 43.1 Å². The average Bonchev–Trinajstić information content (AvgIpc) is 3.11. The molecule has 0 aliphatic carbocycles. The minimum Gasteiger partial charge on any atom is -0.497 e. The molecule has 1 heterocycles. The number of ether oxygens (including phenoxy) is 2. The summed E-state index contributed by atoms with van der Waals surface area (Å²) in [5, 5.41) is 0. The van der Waals surface area contributed by atoms with Crippen LogP contribution in [-0.2, 0) is 24.8 Å². The molecular weight excluding hydrogens is 478 g/mol. The zero-order valence-corrected chi connectivity index (χ0v) is 21.5. The number of carbonyl (C=O) groups is 2. The van der Waals surface area contributed by atoms with Crippen molar-refractivity contribution in [3.05, 3.63) is 90.0 Å². The summed E-state index contributed by atoms with van der Waals surface area (Å²) >= 11 is 0. The predicted molar refractivity (Wildman–Crippen MR) is 137 cm³/mol. The van der Waals surface area contributed by atoms with E-state index >= 15 is 0 Å². The van der Waals surface area contributed by atoms with Gasteiger partial charge in [0.2, 0.25) is 0 Å². The molecule has 1 aliphatic heterocycles. The van der Waals surface area contributed by atoms with E-state index in [4.69, 9.17) is 9.47 Å². The summed E-state index contributed by atoms with van der Waals surface area (Å²) < 4.78 is 37.3. The molecule has 0 spiro atoms. The van der Waals surface area contributed by atoms with Crippen LogP contribution in [0.1, 0.15) is 38.3 Å². The number of sulfone groups is 1. The highest BCUT2D eigenvalue weighted by molar-refractivity contribution is 7.91. The van der Waals surface area contributed by atoms with Crippen LogP contribution in [0.2, 0.25) is 0 Å². The van der Waals surface area contributed by atoms with Gasteiger partial charge in [0, 0.05) is 0 Å². The predicted octanol–water partition coefficient (Wildman–Crippen LogP) is 5.13. The number of hydrogen-bond acceptors (Lipinski definition) is 6. The highest BCUT2D eigenvalue weighted by atomic mass is 32.2. The van der Waals surface area contributed by atoms with E-state index in [1.807, 2.05) is 0 Å². The second-order valence-electron chi connectivity index (χ2n) is 9.65. The Morgan fingerprint density at radius 3 is 2.14 bits per heavy atom. The molecule has 3 aromatic rings. The van der Waals surface area contributed by atoms with Crippen LogP contribution in [-0.4, -0.2) is 38.9 Å². The van der Waals surface area contributed by atoms with Crippen LogP contribution in [0.4, 0.5) is 10.5 Å². The minimum atomic E-state index is -3.71. The molecule has 0 radical (unpaired) electrons. The Balaban J connectivity index is 1.86. The van der Waals surface area contributed by atoms with Gasteiger partial charge in [0.1, 0.15) is 16.8 Å². The van der Waals surface area contributed by atoms with Gasteiger partial charge in [0.25, 0.3) is 5.91 Å². The smallest absolute Gasteiger partial charge is 0.421 e. The monoisotopic (exact) mass is 507 g/mol. The van der Waals surface area contributed by atoms with Crippen molar-refractivity contribution < 1.29 is 27.5 Å². The number of fused-ring (bicyclic) bond motifs is 1. The lowest BCUT2D eigenvalue weighted by atomic mass is 9.73. The SMILES string of the molecule is COc1ccc(C2(CCS(=O)(=O)c3ccccc3)C(=O)N(C(=O)OC(C)(C)C)c3ccccc32)cc1. The lowest BCUT2D eigenvalue weighted by Crippen LogP contribution is -2.46. The number of imide groups is 1. The van der Waals surface area contributed by atoms with Gasteiger partial charge in [-0.1, -0.05) is 48.5 Å². The number of hydrogen-bond donors (Lipinski definition) is 0. The molecule has 0 saturated carbocycles. The standard InChI is InChI=1S/C28H29NO6S/c1-27(2,3)35-26(31)29-24-13-9-8-12-23(24)28(25(29)30,20-14-16-21(34-4)17-15-20)18-19-36(32,33)22-10-6-5-7-11-22/h5-17H,18-19H2,1-4H3. The quantitative estimate of drug-likeness (QED) is 0.460. The molecule has 0 saturated heterocycles. The van der Waals surface area contributed by atoms with E-state index in [2.05, 4.69) is 0 Å². The van der Waals surface area contributed by atoms with Crippen LogP contribution in [0.5, 0.6) is 5.75 Å². The Kier molecular flexibility index (Phi) is 6.66. The Hall–Kier alpha value is -3.65.